The van der Waals surface area contributed by atoms with Crippen molar-refractivity contribution in [1.82, 2.24) is 30.4 Å². The number of nitrogens with one attached hydrogen (secondary N) is 2. The molecule has 0 saturated heterocycles. The Kier molecular flexibility index (Phi) is 3.84. The van der Waals surface area contributed by atoms with E-state index in [0.29, 0.717) is 22.4 Å². The largest absolute Gasteiger partial charge is 0.318 e. The van der Waals surface area contributed by atoms with Gasteiger partial charge in [-0.3, -0.25) is 14.9 Å². The van der Waals surface area contributed by atoms with Crippen molar-refractivity contribution in [2.24, 2.45) is 0 Å². The van der Waals surface area contributed by atoms with Crippen LogP contribution in [0.15, 0.2) is 53.3 Å². The van der Waals surface area contributed by atoms with Crippen molar-refractivity contribution < 1.29 is 9.31 Å². The van der Waals surface area contributed by atoms with Gasteiger partial charge in [0.15, 0.2) is 0 Å². The van der Waals surface area contributed by atoms with E-state index in [4.69, 9.17) is 0 Å². The van der Waals surface area contributed by atoms with Crippen molar-refractivity contribution in [2.75, 3.05) is 5.32 Å². The molecule has 5 rings (SSSR count). The van der Waals surface area contributed by atoms with Gasteiger partial charge in [-0.1, -0.05) is 29.4 Å². The maximum atomic E-state index is 13.5. The van der Waals surface area contributed by atoms with E-state index < -0.39 is 22.3 Å². The van der Waals surface area contributed by atoms with Gasteiger partial charge in [0.05, 0.1) is 10.6 Å². The van der Waals surface area contributed by atoms with Gasteiger partial charge in [-0.15, -0.1) is 0 Å². The zero-order valence-electron chi connectivity index (χ0n) is 15.0. The van der Waals surface area contributed by atoms with E-state index in [1.807, 2.05) is 0 Å². The van der Waals surface area contributed by atoms with E-state index in [1.54, 1.807) is 18.2 Å². The number of H-pyrrole nitrogens is 1. The number of tetrazole rings is 1. The lowest BCUT2D eigenvalue weighted by molar-refractivity contribution is -0.384. The van der Waals surface area contributed by atoms with Gasteiger partial charge < -0.3 is 5.32 Å². The fourth-order valence-electron chi connectivity index (χ4n) is 3.48. The number of nitro benzene ring substituents is 1. The summed E-state index contributed by atoms with van der Waals surface area (Å²) >= 11 is 0. The number of hydrogen-bond acceptors (Lipinski definition) is 8. The van der Waals surface area contributed by atoms with Crippen molar-refractivity contribution in [3.8, 4) is 11.3 Å². The van der Waals surface area contributed by atoms with E-state index in [2.05, 4.69) is 31.0 Å². The fourth-order valence-corrected chi connectivity index (χ4v) is 3.48. The topological polar surface area (TPSA) is 145 Å². The molecule has 2 aromatic heterocycles. The van der Waals surface area contributed by atoms with E-state index in [0.717, 1.165) is 0 Å². The number of fused-ring (bicyclic) bond motifs is 2. The van der Waals surface area contributed by atoms with Gasteiger partial charge in [0.25, 0.3) is 11.2 Å². The Labute approximate surface area is 166 Å². The second-order valence-electron chi connectivity index (χ2n) is 6.52. The van der Waals surface area contributed by atoms with Crippen LogP contribution in [0.25, 0.3) is 11.3 Å². The Morgan fingerprint density at radius 2 is 1.97 bits per heavy atom. The molecule has 1 atom stereocenters. The highest BCUT2D eigenvalue weighted by Crippen LogP contribution is 2.41. The normalized spacial score (nSPS) is 14.5. The molecule has 0 radical (unpaired) electrons. The van der Waals surface area contributed by atoms with Crippen LogP contribution in [0, 0.1) is 15.9 Å². The molecule has 0 aliphatic carbocycles. The molecule has 0 saturated carbocycles. The lowest BCUT2D eigenvalue weighted by Gasteiger charge is -2.27. The molecule has 3 heterocycles. The Morgan fingerprint density at radius 1 is 1.17 bits per heavy atom. The summed E-state index contributed by atoms with van der Waals surface area (Å²) < 4.78 is 15.0. The van der Waals surface area contributed by atoms with Crippen LogP contribution in [0.5, 0.6) is 0 Å². The Balaban J connectivity index is 1.80. The second kappa shape index (κ2) is 6.55. The molecule has 11 nitrogen and oxygen atoms in total. The number of halogens is 1. The number of aromatic amines is 1. The van der Waals surface area contributed by atoms with E-state index in [9.17, 15) is 19.3 Å². The summed E-state index contributed by atoms with van der Waals surface area (Å²) in [7, 11) is 0. The van der Waals surface area contributed by atoms with Crippen molar-refractivity contribution in [3.05, 3.63) is 85.9 Å². The van der Waals surface area contributed by atoms with Crippen molar-refractivity contribution >= 4 is 17.3 Å². The smallest absolute Gasteiger partial charge is 0.288 e. The third kappa shape index (κ3) is 2.70. The first-order valence-electron chi connectivity index (χ1n) is 8.70. The van der Waals surface area contributed by atoms with E-state index >= 15 is 0 Å². The summed E-state index contributed by atoms with van der Waals surface area (Å²) in [6.45, 7) is 0. The fraction of sp³-hybridized carbons (Fsp3) is 0.0556. The molecule has 1 aliphatic rings. The minimum absolute atomic E-state index is 0.125. The van der Waals surface area contributed by atoms with Crippen molar-refractivity contribution in [1.29, 1.82) is 0 Å². The first-order chi connectivity index (χ1) is 14.5. The van der Waals surface area contributed by atoms with Crippen LogP contribution >= 0.6 is 0 Å². The number of non-ortho nitro benzene ring substituents is 1. The first kappa shape index (κ1) is 17.6. The Hall–Kier alpha value is -4.48. The third-order valence-electron chi connectivity index (χ3n) is 4.78. The molecule has 0 bridgehead atoms. The maximum Gasteiger partial charge on any atom is 0.288 e. The van der Waals surface area contributed by atoms with Crippen LogP contribution in [-0.2, 0) is 0 Å². The Morgan fingerprint density at radius 3 is 2.73 bits per heavy atom. The summed E-state index contributed by atoms with van der Waals surface area (Å²) in [4.78, 5) is 23.3. The van der Waals surface area contributed by atoms with Crippen LogP contribution in [0.3, 0.4) is 0 Å². The molecule has 0 spiro atoms. The average molecular weight is 406 g/mol. The zero-order chi connectivity index (χ0) is 20.8. The molecule has 0 unspecified atom stereocenters. The molecule has 2 N–H and O–H groups in total. The number of anilines is 2. The predicted molar refractivity (Wildman–Crippen MR) is 102 cm³/mol. The van der Waals surface area contributed by atoms with Crippen LogP contribution < -0.4 is 10.9 Å². The van der Waals surface area contributed by atoms with Gasteiger partial charge >= 0.3 is 0 Å². The summed E-state index contributed by atoms with van der Waals surface area (Å²) in [6.07, 6.45) is 0. The van der Waals surface area contributed by atoms with Gasteiger partial charge in [0.2, 0.25) is 5.95 Å². The third-order valence-corrected chi connectivity index (χ3v) is 4.78. The summed E-state index contributed by atoms with van der Waals surface area (Å²) in [5.74, 6) is -0.202. The second-order valence-corrected chi connectivity index (χ2v) is 6.52. The predicted octanol–water partition coefficient (Wildman–Crippen LogP) is 2.17. The number of benzene rings is 2. The molecule has 30 heavy (non-hydrogen) atoms. The molecule has 12 heteroatoms. The minimum Gasteiger partial charge on any atom is -0.318 e. The van der Waals surface area contributed by atoms with E-state index in [-0.39, 0.29) is 17.3 Å². The molecule has 0 amide bonds. The summed E-state index contributed by atoms with van der Waals surface area (Å²) in [5.41, 5.74) is 1.25. The van der Waals surface area contributed by atoms with Crippen LogP contribution in [-0.4, -0.2) is 35.3 Å². The summed E-state index contributed by atoms with van der Waals surface area (Å²) in [6, 6.07) is 10.9. The number of rotatable bonds is 3. The summed E-state index contributed by atoms with van der Waals surface area (Å²) in [5, 5.41) is 32.2. The monoisotopic (exact) mass is 406 g/mol. The molecule has 2 aromatic carbocycles. The first-order valence-corrected chi connectivity index (χ1v) is 8.70. The average Bonchev–Trinajstić information content (AvgIpc) is 3.22. The van der Waals surface area contributed by atoms with Crippen LogP contribution in [0.1, 0.15) is 17.2 Å². The molecule has 148 valence electrons. The lowest BCUT2D eigenvalue weighted by Crippen LogP contribution is -2.29. The highest BCUT2D eigenvalue weighted by Gasteiger charge is 2.34. The molecule has 4 aromatic rings. The van der Waals surface area contributed by atoms with E-state index in [1.165, 1.54) is 35.0 Å². The van der Waals surface area contributed by atoms with Crippen molar-refractivity contribution in [2.45, 2.75) is 6.04 Å². The molecular weight excluding hydrogens is 395 g/mol. The van der Waals surface area contributed by atoms with Gasteiger partial charge in [0.1, 0.15) is 17.5 Å². The highest BCUT2D eigenvalue weighted by atomic mass is 19.1. The van der Waals surface area contributed by atoms with Crippen LogP contribution in [0.4, 0.5) is 21.7 Å². The van der Waals surface area contributed by atoms with Gasteiger partial charge in [-0.25, -0.2) is 9.49 Å². The highest BCUT2D eigenvalue weighted by molar-refractivity contribution is 5.76. The van der Waals surface area contributed by atoms with Crippen molar-refractivity contribution in [3.63, 3.8) is 0 Å². The quantitative estimate of drug-likeness (QED) is 0.343. The number of hydrogen-bond donors (Lipinski definition) is 2. The lowest BCUT2D eigenvalue weighted by atomic mass is 9.92. The minimum atomic E-state index is -0.712. The SMILES string of the molecule is O=c1[nH]nc(-c2cccc([N+](=O)[O-])c2)c2c1Nc1nnnn1[C@@H]2c1ccc(F)cc1. The number of aromatic nitrogens is 6. The number of nitro groups is 1. The van der Waals surface area contributed by atoms with Gasteiger partial charge in [-0.2, -0.15) is 9.78 Å². The molecule has 1 aliphatic heterocycles. The van der Waals surface area contributed by atoms with Gasteiger partial charge in [0, 0.05) is 23.3 Å². The molecular formula is C18H11FN8O3. The van der Waals surface area contributed by atoms with Crippen LogP contribution in [0.2, 0.25) is 0 Å². The Bertz CT molecular complexity index is 1350. The maximum absolute atomic E-state index is 13.5. The zero-order valence-corrected chi connectivity index (χ0v) is 15.0. The number of nitrogens with zero attached hydrogens (tertiary/aromatic N) is 6. The standard InChI is InChI=1S/C18H11FN8O3/c19-11-6-4-9(5-7-11)16-13-14(10-2-1-3-12(8-10)27(29)30)21-22-17(28)15(13)20-18-23-24-25-26(16)18/h1-8,16H,(H,22,28)(H,20,23,25)/t16-/m1/s1. The molecule has 0 fully saturated rings. The van der Waals surface area contributed by atoms with Gasteiger partial charge in [-0.05, 0) is 28.1 Å².